The summed E-state index contributed by atoms with van der Waals surface area (Å²) in [6, 6.07) is 6.52. The number of carbonyl (C=O) groups is 3. The SMILES string of the molecule is CC(C)(C)C(=O)Nc1cccc(C(=O)NC2(C(=O)O)CCCC2)c1. The summed E-state index contributed by atoms with van der Waals surface area (Å²) in [4.78, 5) is 36.0. The van der Waals surface area contributed by atoms with Crippen LogP contribution < -0.4 is 10.6 Å². The molecule has 1 aromatic rings. The molecule has 130 valence electrons. The third-order valence-electron chi connectivity index (χ3n) is 4.28. The highest BCUT2D eigenvalue weighted by molar-refractivity contribution is 6.00. The number of benzene rings is 1. The van der Waals surface area contributed by atoms with Gasteiger partial charge in [-0.15, -0.1) is 0 Å². The molecule has 3 N–H and O–H groups in total. The van der Waals surface area contributed by atoms with E-state index in [1.807, 2.05) is 0 Å². The maximum atomic E-state index is 12.5. The molecule has 0 saturated heterocycles. The molecule has 0 aliphatic heterocycles. The van der Waals surface area contributed by atoms with E-state index in [4.69, 9.17) is 0 Å². The monoisotopic (exact) mass is 332 g/mol. The Morgan fingerprint density at radius 2 is 1.75 bits per heavy atom. The lowest BCUT2D eigenvalue weighted by Gasteiger charge is -2.25. The van der Waals surface area contributed by atoms with Crippen LogP contribution in [0.1, 0.15) is 56.8 Å². The molecule has 24 heavy (non-hydrogen) atoms. The second kappa shape index (κ2) is 6.63. The first kappa shape index (κ1) is 18.0. The topological polar surface area (TPSA) is 95.5 Å². The first-order chi connectivity index (χ1) is 11.1. The van der Waals surface area contributed by atoms with Gasteiger partial charge in [-0.25, -0.2) is 4.79 Å². The molecule has 0 atom stereocenters. The van der Waals surface area contributed by atoms with Gasteiger partial charge >= 0.3 is 5.97 Å². The fraction of sp³-hybridized carbons (Fsp3) is 0.500. The molecule has 6 nitrogen and oxygen atoms in total. The molecule has 2 rings (SSSR count). The minimum atomic E-state index is -1.18. The third kappa shape index (κ3) is 3.93. The van der Waals surface area contributed by atoms with E-state index in [2.05, 4.69) is 10.6 Å². The smallest absolute Gasteiger partial charge is 0.329 e. The van der Waals surface area contributed by atoms with Gasteiger partial charge in [-0.3, -0.25) is 9.59 Å². The number of amides is 2. The maximum absolute atomic E-state index is 12.5. The largest absolute Gasteiger partial charge is 0.480 e. The Morgan fingerprint density at radius 3 is 2.29 bits per heavy atom. The third-order valence-corrected chi connectivity index (χ3v) is 4.28. The predicted octanol–water partition coefficient (Wildman–Crippen LogP) is 2.80. The van der Waals surface area contributed by atoms with E-state index in [1.54, 1.807) is 45.0 Å². The number of carboxylic acids is 1. The highest BCUT2D eigenvalue weighted by Crippen LogP contribution is 2.30. The summed E-state index contributed by atoms with van der Waals surface area (Å²) in [5.74, 6) is -1.59. The molecule has 1 fully saturated rings. The predicted molar refractivity (Wildman–Crippen MR) is 90.8 cm³/mol. The van der Waals surface area contributed by atoms with Crippen molar-refractivity contribution in [2.75, 3.05) is 5.32 Å². The van der Waals surface area contributed by atoms with Crippen molar-refractivity contribution in [3.05, 3.63) is 29.8 Å². The summed E-state index contributed by atoms with van der Waals surface area (Å²) < 4.78 is 0. The van der Waals surface area contributed by atoms with Gasteiger partial charge in [-0.05, 0) is 31.0 Å². The Balaban J connectivity index is 2.14. The second-order valence-corrected chi connectivity index (χ2v) is 7.33. The van der Waals surface area contributed by atoms with Gasteiger partial charge in [0.2, 0.25) is 5.91 Å². The number of hydrogen-bond donors (Lipinski definition) is 3. The highest BCUT2D eigenvalue weighted by Gasteiger charge is 2.42. The lowest BCUT2D eigenvalue weighted by molar-refractivity contribution is -0.144. The number of carbonyl (C=O) groups excluding carboxylic acids is 2. The van der Waals surface area contributed by atoms with Gasteiger partial charge in [0, 0.05) is 16.7 Å². The number of hydrogen-bond acceptors (Lipinski definition) is 3. The molecule has 0 bridgehead atoms. The number of nitrogens with one attached hydrogen (secondary N) is 2. The highest BCUT2D eigenvalue weighted by atomic mass is 16.4. The molecule has 0 unspecified atom stereocenters. The van der Waals surface area contributed by atoms with E-state index in [1.165, 1.54) is 0 Å². The molecular weight excluding hydrogens is 308 g/mol. The van der Waals surface area contributed by atoms with Crippen molar-refractivity contribution in [2.24, 2.45) is 5.41 Å². The lowest BCUT2D eigenvalue weighted by Crippen LogP contribution is -2.52. The van der Waals surface area contributed by atoms with Gasteiger partial charge < -0.3 is 15.7 Å². The minimum absolute atomic E-state index is 0.155. The van der Waals surface area contributed by atoms with Crippen LogP contribution in [0.4, 0.5) is 5.69 Å². The van der Waals surface area contributed by atoms with Crippen molar-refractivity contribution >= 4 is 23.5 Å². The summed E-state index contributed by atoms with van der Waals surface area (Å²) in [6.45, 7) is 5.40. The zero-order valence-corrected chi connectivity index (χ0v) is 14.3. The first-order valence-electron chi connectivity index (χ1n) is 8.11. The van der Waals surface area contributed by atoms with E-state index in [-0.39, 0.29) is 5.91 Å². The molecule has 1 aromatic carbocycles. The van der Waals surface area contributed by atoms with Gasteiger partial charge in [0.25, 0.3) is 5.91 Å². The second-order valence-electron chi connectivity index (χ2n) is 7.33. The summed E-state index contributed by atoms with van der Waals surface area (Å²) in [5, 5.41) is 14.9. The molecule has 1 saturated carbocycles. The summed E-state index contributed by atoms with van der Waals surface area (Å²) in [5.41, 5.74) is -0.885. The Morgan fingerprint density at radius 1 is 1.12 bits per heavy atom. The Hall–Kier alpha value is -2.37. The number of carboxylic acid groups (broad SMARTS) is 1. The van der Waals surface area contributed by atoms with E-state index in [9.17, 15) is 19.5 Å². The average Bonchev–Trinajstić information content (AvgIpc) is 2.96. The van der Waals surface area contributed by atoms with Crippen LogP contribution in [0.2, 0.25) is 0 Å². The molecule has 0 spiro atoms. The van der Waals surface area contributed by atoms with Crippen molar-refractivity contribution in [3.8, 4) is 0 Å². The normalized spacial score (nSPS) is 16.5. The zero-order valence-electron chi connectivity index (χ0n) is 14.3. The van der Waals surface area contributed by atoms with Crippen LogP contribution in [0, 0.1) is 5.41 Å². The zero-order chi connectivity index (χ0) is 18.0. The summed E-state index contributed by atoms with van der Waals surface area (Å²) in [6.07, 6.45) is 2.45. The fourth-order valence-corrected chi connectivity index (χ4v) is 2.72. The van der Waals surface area contributed by atoms with Crippen LogP contribution in [0.15, 0.2) is 24.3 Å². The van der Waals surface area contributed by atoms with Crippen LogP contribution in [0.5, 0.6) is 0 Å². The molecule has 1 aliphatic rings. The van der Waals surface area contributed by atoms with Gasteiger partial charge in [-0.1, -0.05) is 39.7 Å². The van der Waals surface area contributed by atoms with Gasteiger partial charge in [-0.2, -0.15) is 0 Å². The first-order valence-corrected chi connectivity index (χ1v) is 8.11. The van der Waals surface area contributed by atoms with Gasteiger partial charge in [0.05, 0.1) is 0 Å². The van der Waals surface area contributed by atoms with Crippen LogP contribution in [0.25, 0.3) is 0 Å². The van der Waals surface area contributed by atoms with Crippen LogP contribution in [-0.4, -0.2) is 28.4 Å². The average molecular weight is 332 g/mol. The molecule has 0 aromatic heterocycles. The Labute approximate surface area is 141 Å². The van der Waals surface area contributed by atoms with Crippen molar-refractivity contribution in [3.63, 3.8) is 0 Å². The van der Waals surface area contributed by atoms with Crippen molar-refractivity contribution in [1.29, 1.82) is 0 Å². The number of aliphatic carboxylic acids is 1. The molecule has 1 aliphatic carbocycles. The molecule has 0 heterocycles. The van der Waals surface area contributed by atoms with Crippen LogP contribution in [-0.2, 0) is 9.59 Å². The number of rotatable bonds is 4. The van der Waals surface area contributed by atoms with E-state index < -0.39 is 22.8 Å². The van der Waals surface area contributed by atoms with Crippen molar-refractivity contribution in [1.82, 2.24) is 5.32 Å². The Bertz CT molecular complexity index is 655. The van der Waals surface area contributed by atoms with E-state index in [0.29, 0.717) is 24.1 Å². The van der Waals surface area contributed by atoms with Crippen LogP contribution >= 0.6 is 0 Å². The van der Waals surface area contributed by atoms with Gasteiger partial charge in [0.1, 0.15) is 5.54 Å². The van der Waals surface area contributed by atoms with Gasteiger partial charge in [0.15, 0.2) is 0 Å². The quantitative estimate of drug-likeness (QED) is 0.790. The van der Waals surface area contributed by atoms with Crippen LogP contribution in [0.3, 0.4) is 0 Å². The standard InChI is InChI=1S/C18H24N2O4/c1-17(2,3)15(22)19-13-8-6-7-12(11-13)14(21)20-18(16(23)24)9-4-5-10-18/h6-8,11H,4-5,9-10H2,1-3H3,(H,19,22)(H,20,21)(H,23,24). The van der Waals surface area contributed by atoms with E-state index >= 15 is 0 Å². The molecular formula is C18H24N2O4. The minimum Gasteiger partial charge on any atom is -0.480 e. The fourth-order valence-electron chi connectivity index (χ4n) is 2.72. The number of anilines is 1. The van der Waals surface area contributed by atoms with E-state index in [0.717, 1.165) is 12.8 Å². The maximum Gasteiger partial charge on any atom is 0.329 e. The molecule has 6 heteroatoms. The Kier molecular flexibility index (Phi) is 4.96. The summed E-state index contributed by atoms with van der Waals surface area (Å²) in [7, 11) is 0. The summed E-state index contributed by atoms with van der Waals surface area (Å²) >= 11 is 0. The van der Waals surface area contributed by atoms with Crippen molar-refractivity contribution in [2.45, 2.75) is 52.0 Å². The molecule has 0 radical (unpaired) electrons. The van der Waals surface area contributed by atoms with Crippen molar-refractivity contribution < 1.29 is 19.5 Å². The lowest BCUT2D eigenvalue weighted by atomic mass is 9.95. The molecule has 2 amide bonds.